The zero-order valence-electron chi connectivity index (χ0n) is 24.3. The van der Waals surface area contributed by atoms with Crippen LogP contribution in [-0.4, -0.2) is 93.5 Å². The summed E-state index contributed by atoms with van der Waals surface area (Å²) in [6.45, 7) is 2.37. The second-order valence-electron chi connectivity index (χ2n) is 10.7. The van der Waals surface area contributed by atoms with Gasteiger partial charge < -0.3 is 33.8 Å². The van der Waals surface area contributed by atoms with E-state index >= 15 is 0 Å². The largest absolute Gasteiger partial charge is 0.463 e. The molecule has 0 aliphatic carbocycles. The number of nitrogens with zero attached hydrogens (tertiary/aromatic N) is 1. The van der Waals surface area contributed by atoms with E-state index < -0.39 is 28.2 Å². The van der Waals surface area contributed by atoms with Gasteiger partial charge in [-0.1, -0.05) is 48.0 Å². The fourth-order valence-corrected chi connectivity index (χ4v) is 6.61. The maximum Gasteiger partial charge on any atom is 0.302 e. The summed E-state index contributed by atoms with van der Waals surface area (Å²) in [6.07, 6.45) is -1.78. The van der Waals surface area contributed by atoms with Crippen molar-refractivity contribution in [3.63, 3.8) is 0 Å². The molecule has 1 aromatic heterocycles. The number of sulfonamides is 1. The Kier molecular flexibility index (Phi) is 9.38. The van der Waals surface area contributed by atoms with E-state index in [2.05, 4.69) is 14.7 Å². The van der Waals surface area contributed by atoms with Gasteiger partial charge in [0.25, 0.3) is 6.01 Å². The Bertz CT molecular complexity index is 1760. The second-order valence-corrected chi connectivity index (χ2v) is 12.8. The van der Waals surface area contributed by atoms with Gasteiger partial charge in [0.05, 0.1) is 47.4 Å². The monoisotopic (exact) mass is 657 g/mol. The number of hydrogen-bond acceptors (Lipinski definition) is 10. The first-order chi connectivity index (χ1) is 21.7. The number of H-pyrrole nitrogens is 1. The number of esters is 1. The van der Waals surface area contributed by atoms with E-state index in [0.29, 0.717) is 23.2 Å². The van der Waals surface area contributed by atoms with Crippen LogP contribution in [-0.2, 0) is 33.8 Å². The third-order valence-corrected chi connectivity index (χ3v) is 9.35. The van der Waals surface area contributed by atoms with Crippen molar-refractivity contribution < 1.29 is 42.0 Å². The molecule has 3 N–H and O–H groups in total. The number of carbonyl (C=O) groups is 1. The first-order valence-corrected chi connectivity index (χ1v) is 16.2. The predicted molar refractivity (Wildman–Crippen MR) is 165 cm³/mol. The molecule has 238 valence electrons. The molecule has 4 aromatic rings. The number of benzene rings is 3. The molecule has 2 saturated heterocycles. The molecule has 0 radical (unpaired) electrons. The normalized spacial score (nSPS) is 21.2. The Morgan fingerprint density at radius 3 is 2.42 bits per heavy atom. The van der Waals surface area contributed by atoms with E-state index in [0.717, 1.165) is 27.8 Å². The van der Waals surface area contributed by atoms with E-state index in [1.54, 1.807) is 30.3 Å². The fraction of sp³-hybridized carbons (Fsp3) is 0.355. The highest BCUT2D eigenvalue weighted by Gasteiger charge is 2.48. The van der Waals surface area contributed by atoms with Gasteiger partial charge in [-0.3, -0.25) is 4.79 Å². The summed E-state index contributed by atoms with van der Waals surface area (Å²) in [4.78, 5) is 18.6. The van der Waals surface area contributed by atoms with Gasteiger partial charge in [0.1, 0.15) is 24.9 Å². The molecule has 2 aliphatic heterocycles. The van der Waals surface area contributed by atoms with Gasteiger partial charge in [-0.15, -0.1) is 0 Å². The van der Waals surface area contributed by atoms with Crippen LogP contribution in [0.1, 0.15) is 6.92 Å². The summed E-state index contributed by atoms with van der Waals surface area (Å²) in [5.41, 5.74) is 4.82. The van der Waals surface area contributed by atoms with E-state index in [1.807, 2.05) is 30.3 Å². The summed E-state index contributed by atoms with van der Waals surface area (Å²) < 4.78 is 55.1. The molecular formula is C31H32ClN3O9S. The number of aliphatic hydroxyl groups excluding tert-OH is 1. The molecule has 12 nitrogen and oxygen atoms in total. The zero-order valence-corrected chi connectivity index (χ0v) is 25.8. The summed E-state index contributed by atoms with van der Waals surface area (Å²) in [5, 5.41) is 10.5. The molecule has 3 heterocycles. The van der Waals surface area contributed by atoms with Gasteiger partial charge >= 0.3 is 5.97 Å². The molecule has 0 saturated carbocycles. The van der Waals surface area contributed by atoms with Crippen molar-refractivity contribution in [2.75, 3.05) is 39.6 Å². The SMILES string of the molecule is CC(=O)OCCOCCNS(=O)(=O)c1ccc(-c2ccc(-c3cc4nc(O[C@@H]5CO[C@H]6[C@@H]5OC[C@H]6O)[nH]c4cc3Cl)cc2)cc1. The highest BCUT2D eigenvalue weighted by Crippen LogP contribution is 2.35. The topological polar surface area (TPSA) is 158 Å². The Hall–Kier alpha value is -3.56. The second kappa shape index (κ2) is 13.4. The summed E-state index contributed by atoms with van der Waals surface area (Å²) in [7, 11) is -3.71. The van der Waals surface area contributed by atoms with Crippen molar-refractivity contribution >= 4 is 38.6 Å². The van der Waals surface area contributed by atoms with Gasteiger partial charge in [-0.05, 0) is 41.0 Å². The van der Waals surface area contributed by atoms with Crippen molar-refractivity contribution in [1.29, 1.82) is 0 Å². The lowest BCUT2D eigenvalue weighted by Crippen LogP contribution is -2.34. The standard InChI is InChI=1S/C31H32ClN3O9S/c1-18(36)41-13-12-40-11-10-33-45(38,39)22-8-6-20(7-9-22)19-2-4-21(5-3-19)23-14-25-26(15-24(23)32)35-31(34-25)44-28-17-43-29-27(37)16-42-30(28)29/h2-9,14-15,27-30,33,37H,10-13,16-17H2,1H3,(H,34,35)/t27-,28-,29-,30-/m1/s1. The Morgan fingerprint density at radius 1 is 1.00 bits per heavy atom. The summed E-state index contributed by atoms with van der Waals surface area (Å²) in [6, 6.07) is 18.4. The molecule has 45 heavy (non-hydrogen) atoms. The van der Waals surface area contributed by atoms with Crippen LogP contribution in [0.4, 0.5) is 0 Å². The van der Waals surface area contributed by atoms with Crippen LogP contribution in [0.3, 0.4) is 0 Å². The molecule has 2 aliphatic rings. The highest BCUT2D eigenvalue weighted by molar-refractivity contribution is 7.89. The number of nitrogens with one attached hydrogen (secondary N) is 2. The molecule has 4 atom stereocenters. The third kappa shape index (κ3) is 7.15. The number of carbonyl (C=O) groups excluding carboxylic acids is 1. The Morgan fingerprint density at radius 2 is 1.69 bits per heavy atom. The number of aromatic amines is 1. The van der Waals surface area contributed by atoms with Gasteiger partial charge in [-0.25, -0.2) is 13.1 Å². The molecule has 6 rings (SSSR count). The average molecular weight is 658 g/mol. The van der Waals surface area contributed by atoms with Gasteiger partial charge in [-0.2, -0.15) is 4.98 Å². The van der Waals surface area contributed by atoms with Gasteiger partial charge in [0.2, 0.25) is 10.0 Å². The summed E-state index contributed by atoms with van der Waals surface area (Å²) in [5.74, 6) is -0.395. The third-order valence-electron chi connectivity index (χ3n) is 7.56. The quantitative estimate of drug-likeness (QED) is 0.152. The van der Waals surface area contributed by atoms with Crippen LogP contribution in [0.25, 0.3) is 33.3 Å². The van der Waals surface area contributed by atoms with E-state index in [-0.39, 0.29) is 50.1 Å². The van der Waals surface area contributed by atoms with Crippen LogP contribution in [0.2, 0.25) is 5.02 Å². The lowest BCUT2D eigenvalue weighted by Gasteiger charge is -2.15. The van der Waals surface area contributed by atoms with Crippen molar-refractivity contribution in [3.8, 4) is 28.3 Å². The number of fused-ring (bicyclic) bond motifs is 2. The molecular weight excluding hydrogens is 626 g/mol. The number of hydrogen-bond donors (Lipinski definition) is 3. The molecule has 2 fully saturated rings. The molecule has 0 spiro atoms. The molecule has 0 amide bonds. The molecule has 0 bridgehead atoms. The number of rotatable bonds is 12. The van der Waals surface area contributed by atoms with E-state index in [1.165, 1.54) is 6.92 Å². The Balaban J connectivity index is 1.08. The van der Waals surface area contributed by atoms with Crippen LogP contribution >= 0.6 is 11.6 Å². The number of aliphatic hydroxyl groups is 1. The predicted octanol–water partition coefficient (Wildman–Crippen LogP) is 3.31. The highest BCUT2D eigenvalue weighted by atomic mass is 35.5. The van der Waals surface area contributed by atoms with Crippen LogP contribution in [0.15, 0.2) is 65.6 Å². The van der Waals surface area contributed by atoms with Crippen LogP contribution in [0.5, 0.6) is 6.01 Å². The first kappa shape index (κ1) is 31.4. The smallest absolute Gasteiger partial charge is 0.302 e. The minimum Gasteiger partial charge on any atom is -0.463 e. The molecule has 3 aromatic carbocycles. The van der Waals surface area contributed by atoms with Crippen LogP contribution < -0.4 is 9.46 Å². The van der Waals surface area contributed by atoms with Gasteiger partial charge in [0.15, 0.2) is 6.10 Å². The first-order valence-electron chi connectivity index (χ1n) is 14.4. The minimum absolute atomic E-state index is 0.0862. The van der Waals surface area contributed by atoms with Gasteiger partial charge in [0, 0.05) is 19.0 Å². The van der Waals surface area contributed by atoms with Crippen molar-refractivity contribution in [1.82, 2.24) is 14.7 Å². The maximum absolute atomic E-state index is 12.6. The number of imidazole rings is 1. The zero-order chi connectivity index (χ0) is 31.6. The Labute approximate surface area is 264 Å². The lowest BCUT2D eigenvalue weighted by atomic mass is 10.00. The number of ether oxygens (including phenoxy) is 5. The van der Waals surface area contributed by atoms with Crippen molar-refractivity contribution in [2.45, 2.75) is 36.2 Å². The maximum atomic E-state index is 12.6. The lowest BCUT2D eigenvalue weighted by molar-refractivity contribution is -0.142. The van der Waals surface area contributed by atoms with E-state index in [9.17, 15) is 18.3 Å². The van der Waals surface area contributed by atoms with Crippen LogP contribution in [0, 0.1) is 0 Å². The van der Waals surface area contributed by atoms with Crippen molar-refractivity contribution in [3.05, 3.63) is 65.7 Å². The number of halogens is 1. The average Bonchev–Trinajstić information content (AvgIpc) is 3.72. The molecule has 14 heteroatoms. The van der Waals surface area contributed by atoms with Crippen molar-refractivity contribution in [2.24, 2.45) is 0 Å². The van der Waals surface area contributed by atoms with E-state index in [4.69, 9.17) is 35.3 Å². The molecule has 0 unspecified atom stereocenters. The fourth-order valence-electron chi connectivity index (χ4n) is 5.32. The summed E-state index contributed by atoms with van der Waals surface area (Å²) >= 11 is 6.66. The minimum atomic E-state index is -3.71. The number of aromatic nitrogens is 2.